The highest BCUT2D eigenvalue weighted by molar-refractivity contribution is 6.18. The van der Waals surface area contributed by atoms with Crippen LogP contribution in [0.15, 0.2) is 24.3 Å². The second-order valence-electron chi connectivity index (χ2n) is 4.33. The molecule has 102 valence electrons. The molecule has 0 bridgehead atoms. The molecule has 0 fully saturated rings. The molecule has 0 aromatic heterocycles. The third-order valence-electron chi connectivity index (χ3n) is 2.85. The maximum absolute atomic E-state index is 5.93. The van der Waals surface area contributed by atoms with Crippen molar-refractivity contribution in [3.8, 4) is 11.5 Å². The predicted octanol–water partition coefficient (Wildman–Crippen LogP) is 4.51. The Morgan fingerprint density at radius 3 is 2.28 bits per heavy atom. The first kappa shape index (κ1) is 15.2. The maximum atomic E-state index is 5.93. The zero-order chi connectivity index (χ0) is 13.2. The Morgan fingerprint density at radius 2 is 1.72 bits per heavy atom. The minimum absolute atomic E-state index is 0.552. The van der Waals surface area contributed by atoms with Crippen molar-refractivity contribution >= 4 is 11.6 Å². The summed E-state index contributed by atoms with van der Waals surface area (Å²) in [7, 11) is 0. The molecule has 0 amide bonds. The molecule has 3 heteroatoms. The van der Waals surface area contributed by atoms with Crippen LogP contribution >= 0.6 is 11.6 Å². The largest absolute Gasteiger partial charge is 0.490 e. The van der Waals surface area contributed by atoms with Crippen LogP contribution in [-0.2, 0) is 0 Å². The highest BCUT2D eigenvalue weighted by Gasteiger charge is 2.08. The molecular weight excluding hydrogens is 248 g/mol. The SMILES string of the molecule is CCCC(CCl)CCOc1ccccc1OCC. The number of rotatable bonds is 9. The first-order chi connectivity index (χ1) is 8.81. The van der Waals surface area contributed by atoms with Gasteiger partial charge in [0.05, 0.1) is 13.2 Å². The van der Waals surface area contributed by atoms with Gasteiger partial charge in [0, 0.05) is 5.88 Å². The van der Waals surface area contributed by atoms with Crippen molar-refractivity contribution in [2.75, 3.05) is 19.1 Å². The number of hydrogen-bond acceptors (Lipinski definition) is 2. The minimum Gasteiger partial charge on any atom is -0.490 e. The molecule has 0 N–H and O–H groups in total. The van der Waals surface area contributed by atoms with Crippen LogP contribution in [0.1, 0.15) is 33.1 Å². The van der Waals surface area contributed by atoms with Crippen LogP contribution < -0.4 is 9.47 Å². The molecule has 0 heterocycles. The molecule has 0 radical (unpaired) electrons. The van der Waals surface area contributed by atoms with E-state index < -0.39 is 0 Å². The lowest BCUT2D eigenvalue weighted by molar-refractivity contribution is 0.256. The summed E-state index contributed by atoms with van der Waals surface area (Å²) in [5, 5.41) is 0. The molecule has 1 aromatic carbocycles. The van der Waals surface area contributed by atoms with E-state index in [1.54, 1.807) is 0 Å². The van der Waals surface area contributed by atoms with Crippen LogP contribution in [0, 0.1) is 5.92 Å². The Bertz CT molecular complexity index is 328. The second-order valence-corrected chi connectivity index (χ2v) is 4.63. The number of para-hydroxylation sites is 2. The third-order valence-corrected chi connectivity index (χ3v) is 3.28. The van der Waals surface area contributed by atoms with Crippen LogP contribution in [0.4, 0.5) is 0 Å². The summed E-state index contributed by atoms with van der Waals surface area (Å²) >= 11 is 5.93. The van der Waals surface area contributed by atoms with Crippen molar-refractivity contribution in [3.05, 3.63) is 24.3 Å². The Labute approximate surface area is 115 Å². The van der Waals surface area contributed by atoms with Crippen LogP contribution in [0.5, 0.6) is 11.5 Å². The fourth-order valence-electron chi connectivity index (χ4n) is 1.89. The molecule has 1 aromatic rings. The summed E-state index contributed by atoms with van der Waals surface area (Å²) in [4.78, 5) is 0. The number of alkyl halides is 1. The summed E-state index contributed by atoms with van der Waals surface area (Å²) in [6.07, 6.45) is 3.34. The van der Waals surface area contributed by atoms with E-state index in [-0.39, 0.29) is 0 Å². The van der Waals surface area contributed by atoms with E-state index in [1.165, 1.54) is 12.8 Å². The molecule has 2 nitrogen and oxygen atoms in total. The summed E-state index contributed by atoms with van der Waals surface area (Å²) in [6.45, 7) is 5.51. The van der Waals surface area contributed by atoms with E-state index in [2.05, 4.69) is 6.92 Å². The van der Waals surface area contributed by atoms with E-state index in [0.717, 1.165) is 17.9 Å². The van der Waals surface area contributed by atoms with Crippen molar-refractivity contribution in [1.82, 2.24) is 0 Å². The predicted molar refractivity (Wildman–Crippen MR) is 76.8 cm³/mol. The topological polar surface area (TPSA) is 18.5 Å². The van der Waals surface area contributed by atoms with Gasteiger partial charge in [0.25, 0.3) is 0 Å². The van der Waals surface area contributed by atoms with Gasteiger partial charge in [-0.25, -0.2) is 0 Å². The van der Waals surface area contributed by atoms with E-state index in [1.807, 2.05) is 31.2 Å². The summed E-state index contributed by atoms with van der Waals surface area (Å²) in [5.74, 6) is 2.91. The fourth-order valence-corrected chi connectivity index (χ4v) is 2.20. The lowest BCUT2D eigenvalue weighted by Crippen LogP contribution is -2.09. The molecule has 0 spiro atoms. The summed E-state index contributed by atoms with van der Waals surface area (Å²) in [6, 6.07) is 7.80. The number of benzene rings is 1. The molecule has 18 heavy (non-hydrogen) atoms. The lowest BCUT2D eigenvalue weighted by Gasteiger charge is -2.15. The maximum Gasteiger partial charge on any atom is 0.161 e. The smallest absolute Gasteiger partial charge is 0.161 e. The zero-order valence-corrected chi connectivity index (χ0v) is 12.1. The quantitative estimate of drug-likeness (QED) is 0.615. The van der Waals surface area contributed by atoms with Gasteiger partial charge >= 0.3 is 0 Å². The first-order valence-corrected chi connectivity index (χ1v) is 7.25. The average molecular weight is 271 g/mol. The second kappa shape index (κ2) is 9.09. The van der Waals surface area contributed by atoms with Crippen molar-refractivity contribution in [3.63, 3.8) is 0 Å². The Kier molecular flexibility index (Phi) is 7.66. The minimum atomic E-state index is 0.552. The molecule has 1 unspecified atom stereocenters. The van der Waals surface area contributed by atoms with Gasteiger partial charge in [-0.1, -0.05) is 25.5 Å². The van der Waals surface area contributed by atoms with Gasteiger partial charge in [0.2, 0.25) is 0 Å². The Hall–Kier alpha value is -0.890. The van der Waals surface area contributed by atoms with Crippen LogP contribution in [0.3, 0.4) is 0 Å². The van der Waals surface area contributed by atoms with E-state index in [4.69, 9.17) is 21.1 Å². The lowest BCUT2D eigenvalue weighted by atomic mass is 10.0. The Morgan fingerprint density at radius 1 is 1.06 bits per heavy atom. The molecule has 1 rings (SSSR count). The van der Waals surface area contributed by atoms with Gasteiger partial charge in [-0.3, -0.25) is 0 Å². The van der Waals surface area contributed by atoms with Crippen LogP contribution in [0.2, 0.25) is 0 Å². The number of ether oxygens (including phenoxy) is 2. The third kappa shape index (κ3) is 5.18. The van der Waals surface area contributed by atoms with Gasteiger partial charge in [-0.15, -0.1) is 11.6 Å². The number of halogens is 1. The fraction of sp³-hybridized carbons (Fsp3) is 0.600. The summed E-state index contributed by atoms with van der Waals surface area (Å²) in [5.41, 5.74) is 0. The monoisotopic (exact) mass is 270 g/mol. The van der Waals surface area contributed by atoms with Gasteiger partial charge in [-0.05, 0) is 37.8 Å². The highest BCUT2D eigenvalue weighted by atomic mass is 35.5. The van der Waals surface area contributed by atoms with Crippen molar-refractivity contribution < 1.29 is 9.47 Å². The van der Waals surface area contributed by atoms with E-state index >= 15 is 0 Å². The van der Waals surface area contributed by atoms with Crippen molar-refractivity contribution in [1.29, 1.82) is 0 Å². The highest BCUT2D eigenvalue weighted by Crippen LogP contribution is 2.27. The van der Waals surface area contributed by atoms with E-state index in [9.17, 15) is 0 Å². The molecule has 0 saturated carbocycles. The zero-order valence-electron chi connectivity index (χ0n) is 11.3. The molecule has 0 saturated heterocycles. The van der Waals surface area contributed by atoms with Gasteiger partial charge < -0.3 is 9.47 Å². The van der Waals surface area contributed by atoms with Gasteiger partial charge in [0.15, 0.2) is 11.5 Å². The molecule has 0 aliphatic rings. The first-order valence-electron chi connectivity index (χ1n) is 6.72. The standard InChI is InChI=1S/C15H23ClO2/c1-3-7-13(12-16)10-11-18-15-9-6-5-8-14(15)17-4-2/h5-6,8-9,13H,3-4,7,10-12H2,1-2H3. The summed E-state index contributed by atoms with van der Waals surface area (Å²) < 4.78 is 11.3. The van der Waals surface area contributed by atoms with E-state index in [0.29, 0.717) is 25.0 Å². The average Bonchev–Trinajstić information content (AvgIpc) is 2.40. The van der Waals surface area contributed by atoms with Crippen molar-refractivity contribution in [2.45, 2.75) is 33.1 Å². The van der Waals surface area contributed by atoms with Crippen molar-refractivity contribution in [2.24, 2.45) is 5.92 Å². The van der Waals surface area contributed by atoms with Gasteiger partial charge in [-0.2, -0.15) is 0 Å². The molecule has 1 atom stereocenters. The molecular formula is C15H23ClO2. The van der Waals surface area contributed by atoms with Gasteiger partial charge in [0.1, 0.15) is 0 Å². The number of hydrogen-bond donors (Lipinski definition) is 0. The van der Waals surface area contributed by atoms with Crippen LogP contribution in [0.25, 0.3) is 0 Å². The molecule has 0 aliphatic heterocycles. The molecule has 0 aliphatic carbocycles. The Balaban J connectivity index is 2.42. The normalized spacial score (nSPS) is 12.2. The van der Waals surface area contributed by atoms with Crippen LogP contribution in [-0.4, -0.2) is 19.1 Å².